The number of anilines is 1. The van der Waals surface area contributed by atoms with Gasteiger partial charge in [0.05, 0.1) is 20.5 Å². The van der Waals surface area contributed by atoms with E-state index >= 15 is 0 Å². The van der Waals surface area contributed by atoms with Crippen LogP contribution in [0.5, 0.6) is 0 Å². The van der Waals surface area contributed by atoms with Crippen LogP contribution in [0.1, 0.15) is 12.5 Å². The lowest BCUT2D eigenvalue weighted by atomic mass is 10.2. The van der Waals surface area contributed by atoms with Crippen molar-refractivity contribution >= 4 is 28.8 Å². The molecule has 0 aromatic carbocycles. The van der Waals surface area contributed by atoms with Gasteiger partial charge in [-0.3, -0.25) is 0 Å². The fourth-order valence-corrected chi connectivity index (χ4v) is 2.55. The fourth-order valence-electron chi connectivity index (χ4n) is 1.54. The minimum Gasteiger partial charge on any atom is -0.370 e. The van der Waals surface area contributed by atoms with Gasteiger partial charge in [-0.05, 0) is 31.2 Å². The van der Waals surface area contributed by atoms with Gasteiger partial charge in [0, 0.05) is 6.54 Å². The quantitative estimate of drug-likeness (QED) is 0.871. The van der Waals surface area contributed by atoms with Gasteiger partial charge >= 0.3 is 6.18 Å². The molecule has 0 unspecified atom stereocenters. The predicted octanol–water partition coefficient (Wildman–Crippen LogP) is 4.91. The van der Waals surface area contributed by atoms with E-state index in [1.54, 1.807) is 19.1 Å². The highest BCUT2D eigenvalue weighted by Crippen LogP contribution is 2.36. The number of alkyl halides is 3. The minimum absolute atomic E-state index is 0.205. The Balaban J connectivity index is 2.51. The molecule has 0 fully saturated rings. The summed E-state index contributed by atoms with van der Waals surface area (Å²) in [6, 6.07) is 5.33. The third-order valence-electron chi connectivity index (χ3n) is 2.34. The summed E-state index contributed by atoms with van der Waals surface area (Å²) in [6.07, 6.45) is -4.40. The summed E-state index contributed by atoms with van der Waals surface area (Å²) < 4.78 is 39.0. The number of thiophene rings is 1. The second-order valence-corrected chi connectivity index (χ2v) is 5.47. The number of nitrogens with zero attached hydrogens (tertiary/aromatic N) is 1. The third-order valence-corrected chi connectivity index (χ3v) is 3.59. The van der Waals surface area contributed by atoms with Crippen molar-refractivity contribution in [3.63, 3.8) is 0 Å². The van der Waals surface area contributed by atoms with Crippen LogP contribution in [0, 0.1) is 0 Å². The molecule has 2 nitrogen and oxygen atoms in total. The zero-order valence-electron chi connectivity index (χ0n) is 9.88. The molecule has 0 aliphatic rings. The van der Waals surface area contributed by atoms with Gasteiger partial charge in [0.1, 0.15) is 5.82 Å². The Labute approximate surface area is 117 Å². The molecule has 0 radical (unpaired) electrons. The van der Waals surface area contributed by atoms with Crippen molar-refractivity contribution < 1.29 is 13.2 Å². The Morgan fingerprint density at radius 3 is 2.58 bits per heavy atom. The van der Waals surface area contributed by atoms with Crippen LogP contribution in [0.3, 0.4) is 0 Å². The van der Waals surface area contributed by atoms with Gasteiger partial charge < -0.3 is 5.32 Å². The van der Waals surface area contributed by atoms with Crippen LogP contribution in [0.4, 0.5) is 19.0 Å². The van der Waals surface area contributed by atoms with Crippen LogP contribution < -0.4 is 5.32 Å². The maximum Gasteiger partial charge on any atom is 0.416 e. The molecule has 0 saturated heterocycles. The molecule has 0 spiro atoms. The van der Waals surface area contributed by atoms with E-state index in [1.165, 1.54) is 11.3 Å². The summed E-state index contributed by atoms with van der Waals surface area (Å²) in [4.78, 5) is 4.77. The summed E-state index contributed by atoms with van der Waals surface area (Å²) in [6.45, 7) is 2.29. The van der Waals surface area contributed by atoms with Gasteiger partial charge in [0.2, 0.25) is 0 Å². The Hall–Kier alpha value is -1.27. The van der Waals surface area contributed by atoms with E-state index in [1.807, 2.05) is 0 Å². The summed E-state index contributed by atoms with van der Waals surface area (Å²) >= 11 is 6.99. The van der Waals surface area contributed by atoms with Crippen LogP contribution in [0.25, 0.3) is 10.6 Å². The van der Waals surface area contributed by atoms with Gasteiger partial charge in [-0.1, -0.05) is 11.6 Å². The molecule has 0 aliphatic carbocycles. The normalized spacial score (nSPS) is 11.6. The maximum atomic E-state index is 12.8. The molecular formula is C12H10ClF3N2S. The Morgan fingerprint density at radius 2 is 2.05 bits per heavy atom. The molecule has 0 bridgehead atoms. The first-order chi connectivity index (χ1) is 8.90. The van der Waals surface area contributed by atoms with Crippen molar-refractivity contribution in [2.75, 3.05) is 11.9 Å². The zero-order valence-corrected chi connectivity index (χ0v) is 11.5. The summed E-state index contributed by atoms with van der Waals surface area (Å²) in [7, 11) is 0. The van der Waals surface area contributed by atoms with E-state index < -0.39 is 11.7 Å². The van der Waals surface area contributed by atoms with Crippen LogP contribution in [0.15, 0.2) is 24.3 Å². The fraction of sp³-hybridized carbons (Fsp3) is 0.250. The monoisotopic (exact) mass is 306 g/mol. The second kappa shape index (κ2) is 5.38. The van der Waals surface area contributed by atoms with E-state index in [0.29, 0.717) is 15.8 Å². The topological polar surface area (TPSA) is 24.9 Å². The highest BCUT2D eigenvalue weighted by atomic mass is 35.5. The molecule has 2 heterocycles. The molecule has 7 heteroatoms. The van der Waals surface area contributed by atoms with E-state index in [2.05, 4.69) is 10.3 Å². The number of hydrogen-bond acceptors (Lipinski definition) is 3. The van der Waals surface area contributed by atoms with E-state index in [4.69, 9.17) is 11.6 Å². The first-order valence-electron chi connectivity index (χ1n) is 5.49. The van der Waals surface area contributed by atoms with E-state index in [9.17, 15) is 13.2 Å². The van der Waals surface area contributed by atoms with Crippen LogP contribution >= 0.6 is 22.9 Å². The van der Waals surface area contributed by atoms with Crippen LogP contribution in [-0.2, 0) is 6.18 Å². The van der Waals surface area contributed by atoms with Crippen molar-refractivity contribution in [2.45, 2.75) is 13.1 Å². The number of rotatable bonds is 3. The molecule has 0 amide bonds. The molecule has 1 N–H and O–H groups in total. The molecule has 2 aromatic rings. The van der Waals surface area contributed by atoms with Crippen molar-refractivity contribution in [3.05, 3.63) is 34.2 Å². The van der Waals surface area contributed by atoms with Crippen LogP contribution in [-0.4, -0.2) is 11.5 Å². The molecule has 0 aliphatic heterocycles. The number of hydrogen-bond donors (Lipinski definition) is 1. The number of aromatic nitrogens is 1. The van der Waals surface area contributed by atoms with Gasteiger partial charge in [-0.25, -0.2) is 4.98 Å². The smallest absolute Gasteiger partial charge is 0.370 e. The molecule has 19 heavy (non-hydrogen) atoms. The molecule has 0 saturated carbocycles. The summed E-state index contributed by atoms with van der Waals surface area (Å²) in [5.41, 5.74) is -0.458. The minimum atomic E-state index is -4.40. The average molecular weight is 307 g/mol. The van der Waals surface area contributed by atoms with E-state index in [0.717, 1.165) is 12.1 Å². The molecule has 0 atom stereocenters. The molecule has 2 aromatic heterocycles. The molecular weight excluding hydrogens is 297 g/mol. The van der Waals surface area contributed by atoms with Crippen molar-refractivity contribution in [1.29, 1.82) is 0 Å². The predicted molar refractivity (Wildman–Crippen MR) is 71.7 cm³/mol. The van der Waals surface area contributed by atoms with E-state index in [-0.39, 0.29) is 11.5 Å². The van der Waals surface area contributed by atoms with Crippen molar-refractivity contribution in [1.82, 2.24) is 4.98 Å². The maximum absolute atomic E-state index is 12.8. The third kappa shape index (κ3) is 3.39. The number of nitrogens with one attached hydrogen (secondary N) is 1. The summed E-state index contributed by atoms with van der Waals surface area (Å²) in [5.74, 6) is 0.205. The van der Waals surface area contributed by atoms with Gasteiger partial charge in [-0.15, -0.1) is 11.3 Å². The largest absolute Gasteiger partial charge is 0.416 e. The SMILES string of the molecule is CCNc1cc(C(F)(F)F)cc(-c2ccc(Cl)s2)n1. The first-order valence-corrected chi connectivity index (χ1v) is 6.68. The van der Waals surface area contributed by atoms with Gasteiger partial charge in [0.25, 0.3) is 0 Å². The average Bonchev–Trinajstić information content (AvgIpc) is 2.75. The molecule has 102 valence electrons. The second-order valence-electron chi connectivity index (χ2n) is 3.76. The van der Waals surface area contributed by atoms with Crippen LogP contribution in [0.2, 0.25) is 4.34 Å². The lowest BCUT2D eigenvalue weighted by Gasteiger charge is -2.11. The summed E-state index contributed by atoms with van der Waals surface area (Å²) in [5, 5.41) is 2.80. The standard InChI is InChI=1S/C12H10ClF3N2S/c1-2-17-11-6-7(12(14,15)16)5-8(18-11)9-3-4-10(13)19-9/h3-6H,2H2,1H3,(H,17,18). The first kappa shape index (κ1) is 14.1. The van der Waals surface area contributed by atoms with Gasteiger partial charge in [-0.2, -0.15) is 13.2 Å². The Kier molecular flexibility index (Phi) is 4.01. The lowest BCUT2D eigenvalue weighted by Crippen LogP contribution is -2.08. The van der Waals surface area contributed by atoms with Crippen molar-refractivity contribution in [3.8, 4) is 10.6 Å². The van der Waals surface area contributed by atoms with Crippen molar-refractivity contribution in [2.24, 2.45) is 0 Å². The Bertz CT molecular complexity index is 581. The number of pyridine rings is 1. The highest BCUT2D eigenvalue weighted by molar-refractivity contribution is 7.19. The Morgan fingerprint density at radius 1 is 1.32 bits per heavy atom. The zero-order chi connectivity index (χ0) is 14.0. The molecule has 2 rings (SSSR count). The lowest BCUT2D eigenvalue weighted by molar-refractivity contribution is -0.137. The number of halogens is 4. The van der Waals surface area contributed by atoms with Gasteiger partial charge in [0.15, 0.2) is 0 Å². The highest BCUT2D eigenvalue weighted by Gasteiger charge is 2.31.